The zero-order valence-electron chi connectivity index (χ0n) is 10.6. The Balaban J connectivity index is 1.68. The molecule has 3 unspecified atom stereocenters. The Kier molecular flexibility index (Phi) is 4.62. The highest BCUT2D eigenvalue weighted by molar-refractivity contribution is 4.80. The first-order valence-corrected chi connectivity index (χ1v) is 6.74. The van der Waals surface area contributed by atoms with E-state index in [1.165, 1.54) is 19.3 Å². The summed E-state index contributed by atoms with van der Waals surface area (Å²) in [6.45, 7) is 6.31. The minimum atomic E-state index is 0.397. The molecule has 2 aliphatic heterocycles. The zero-order valence-corrected chi connectivity index (χ0v) is 10.6. The lowest BCUT2D eigenvalue weighted by atomic mass is 9.99. The summed E-state index contributed by atoms with van der Waals surface area (Å²) in [6.07, 6.45) is 7.30. The van der Waals surface area contributed by atoms with Crippen molar-refractivity contribution in [3.63, 3.8) is 0 Å². The first kappa shape index (κ1) is 12.3. The first-order chi connectivity index (χ1) is 7.74. The van der Waals surface area contributed by atoms with Crippen molar-refractivity contribution in [2.75, 3.05) is 13.2 Å². The van der Waals surface area contributed by atoms with E-state index in [0.717, 1.165) is 26.0 Å². The summed E-state index contributed by atoms with van der Waals surface area (Å²) in [6, 6.07) is 0.615. The van der Waals surface area contributed by atoms with E-state index in [9.17, 15) is 0 Å². The van der Waals surface area contributed by atoms with Gasteiger partial charge < -0.3 is 14.8 Å². The number of hydrogen-bond acceptors (Lipinski definition) is 3. The van der Waals surface area contributed by atoms with Gasteiger partial charge in [0.15, 0.2) is 0 Å². The molecular weight excluding hydrogens is 202 g/mol. The molecule has 16 heavy (non-hydrogen) atoms. The highest BCUT2D eigenvalue weighted by atomic mass is 16.5. The molecule has 0 aromatic rings. The van der Waals surface area contributed by atoms with E-state index < -0.39 is 0 Å². The van der Waals surface area contributed by atoms with Gasteiger partial charge in [-0.2, -0.15) is 0 Å². The molecule has 0 bridgehead atoms. The summed E-state index contributed by atoms with van der Waals surface area (Å²) in [5, 5.41) is 3.65. The van der Waals surface area contributed by atoms with Gasteiger partial charge in [-0.3, -0.25) is 0 Å². The van der Waals surface area contributed by atoms with Crippen LogP contribution in [0, 0.1) is 0 Å². The van der Waals surface area contributed by atoms with Gasteiger partial charge in [-0.15, -0.1) is 0 Å². The third-order valence-corrected chi connectivity index (χ3v) is 3.61. The molecule has 2 saturated heterocycles. The Bertz CT molecular complexity index is 194. The third-order valence-electron chi connectivity index (χ3n) is 3.61. The van der Waals surface area contributed by atoms with Crippen molar-refractivity contribution in [1.82, 2.24) is 5.32 Å². The molecule has 3 atom stereocenters. The molecule has 2 heterocycles. The molecule has 0 radical (unpaired) electrons. The number of hydrogen-bond donors (Lipinski definition) is 1. The van der Waals surface area contributed by atoms with E-state index in [1.807, 2.05) is 0 Å². The highest BCUT2D eigenvalue weighted by Gasteiger charge is 2.25. The fraction of sp³-hybridized carbons (Fsp3) is 1.00. The van der Waals surface area contributed by atoms with Gasteiger partial charge >= 0.3 is 0 Å². The van der Waals surface area contributed by atoms with Crippen LogP contribution in [0.5, 0.6) is 0 Å². The molecule has 3 heteroatoms. The predicted molar refractivity (Wildman–Crippen MR) is 64.6 cm³/mol. The van der Waals surface area contributed by atoms with Gasteiger partial charge in [0.05, 0.1) is 18.3 Å². The molecule has 0 aromatic heterocycles. The van der Waals surface area contributed by atoms with Gasteiger partial charge in [-0.25, -0.2) is 0 Å². The Morgan fingerprint density at radius 3 is 2.50 bits per heavy atom. The van der Waals surface area contributed by atoms with E-state index in [2.05, 4.69) is 19.2 Å². The maximum absolute atomic E-state index is 5.74. The molecule has 2 rings (SSSR count). The Hall–Kier alpha value is -0.120. The van der Waals surface area contributed by atoms with Crippen LogP contribution in [-0.2, 0) is 9.47 Å². The van der Waals surface area contributed by atoms with Crippen LogP contribution in [0.2, 0.25) is 0 Å². The molecule has 2 fully saturated rings. The predicted octanol–water partition coefficient (Wildman–Crippen LogP) is 2.10. The topological polar surface area (TPSA) is 30.5 Å². The smallest absolute Gasteiger partial charge is 0.0699 e. The number of rotatable bonds is 3. The van der Waals surface area contributed by atoms with Crippen molar-refractivity contribution < 1.29 is 9.47 Å². The minimum absolute atomic E-state index is 0.397. The lowest BCUT2D eigenvalue weighted by Crippen LogP contribution is -2.44. The maximum atomic E-state index is 5.74. The monoisotopic (exact) mass is 227 g/mol. The summed E-state index contributed by atoms with van der Waals surface area (Å²) in [4.78, 5) is 0. The van der Waals surface area contributed by atoms with Gasteiger partial charge in [0.1, 0.15) is 0 Å². The van der Waals surface area contributed by atoms with Crippen LogP contribution >= 0.6 is 0 Å². The summed E-state index contributed by atoms with van der Waals surface area (Å²) >= 11 is 0. The lowest BCUT2D eigenvalue weighted by molar-refractivity contribution is -0.0462. The first-order valence-electron chi connectivity index (χ1n) is 6.74. The molecule has 94 valence electrons. The quantitative estimate of drug-likeness (QED) is 0.801. The molecule has 0 aliphatic carbocycles. The summed E-state index contributed by atoms with van der Waals surface area (Å²) in [5.74, 6) is 0. The maximum Gasteiger partial charge on any atom is 0.0699 e. The second kappa shape index (κ2) is 5.99. The van der Waals surface area contributed by atoms with Crippen LogP contribution in [0.3, 0.4) is 0 Å². The van der Waals surface area contributed by atoms with Crippen LogP contribution in [0.1, 0.15) is 46.0 Å². The third kappa shape index (κ3) is 3.72. The average molecular weight is 227 g/mol. The van der Waals surface area contributed by atoms with Crippen molar-refractivity contribution in [2.45, 2.75) is 70.3 Å². The van der Waals surface area contributed by atoms with Crippen molar-refractivity contribution in [1.29, 1.82) is 0 Å². The molecule has 3 nitrogen and oxygen atoms in total. The SMILES string of the molecule is CC1CC(NCC2CCCCO2)CC(C)O1. The zero-order chi connectivity index (χ0) is 11.4. The summed E-state index contributed by atoms with van der Waals surface area (Å²) in [5.41, 5.74) is 0. The minimum Gasteiger partial charge on any atom is -0.377 e. The number of ether oxygens (including phenoxy) is 2. The largest absolute Gasteiger partial charge is 0.377 e. The van der Waals surface area contributed by atoms with Gasteiger partial charge in [-0.1, -0.05) is 0 Å². The van der Waals surface area contributed by atoms with Crippen molar-refractivity contribution in [2.24, 2.45) is 0 Å². The molecule has 0 spiro atoms. The Morgan fingerprint density at radius 1 is 1.12 bits per heavy atom. The lowest BCUT2D eigenvalue weighted by Gasteiger charge is -2.34. The van der Waals surface area contributed by atoms with Crippen molar-refractivity contribution in [3.8, 4) is 0 Å². The fourth-order valence-electron chi connectivity index (χ4n) is 2.84. The van der Waals surface area contributed by atoms with Gasteiger partial charge in [0, 0.05) is 19.2 Å². The Labute approximate surface area is 98.9 Å². The standard InChI is InChI=1S/C13H25NO2/c1-10-7-12(8-11(2)16-10)14-9-13-5-3-4-6-15-13/h10-14H,3-9H2,1-2H3. The average Bonchev–Trinajstić information content (AvgIpc) is 2.27. The van der Waals surface area contributed by atoms with Gasteiger partial charge in [0.2, 0.25) is 0 Å². The second-order valence-electron chi connectivity index (χ2n) is 5.32. The van der Waals surface area contributed by atoms with Crippen LogP contribution in [-0.4, -0.2) is 37.5 Å². The van der Waals surface area contributed by atoms with E-state index in [4.69, 9.17) is 9.47 Å². The molecule has 1 N–H and O–H groups in total. The summed E-state index contributed by atoms with van der Waals surface area (Å²) in [7, 11) is 0. The molecular formula is C13H25NO2. The molecule has 0 saturated carbocycles. The van der Waals surface area contributed by atoms with Crippen LogP contribution in [0.15, 0.2) is 0 Å². The number of nitrogens with one attached hydrogen (secondary N) is 1. The fourth-order valence-corrected chi connectivity index (χ4v) is 2.84. The van der Waals surface area contributed by atoms with E-state index in [0.29, 0.717) is 24.4 Å². The second-order valence-corrected chi connectivity index (χ2v) is 5.32. The Morgan fingerprint density at radius 2 is 1.88 bits per heavy atom. The van der Waals surface area contributed by atoms with Crippen molar-refractivity contribution >= 4 is 0 Å². The van der Waals surface area contributed by atoms with Gasteiger partial charge in [0.25, 0.3) is 0 Å². The van der Waals surface area contributed by atoms with E-state index in [1.54, 1.807) is 0 Å². The van der Waals surface area contributed by atoms with E-state index in [-0.39, 0.29) is 0 Å². The highest BCUT2D eigenvalue weighted by Crippen LogP contribution is 2.19. The summed E-state index contributed by atoms with van der Waals surface area (Å²) < 4.78 is 11.5. The molecule has 0 aromatic carbocycles. The molecule has 2 aliphatic rings. The van der Waals surface area contributed by atoms with Crippen molar-refractivity contribution in [3.05, 3.63) is 0 Å². The van der Waals surface area contributed by atoms with Crippen LogP contribution < -0.4 is 5.32 Å². The van der Waals surface area contributed by atoms with Crippen LogP contribution in [0.25, 0.3) is 0 Å². The van der Waals surface area contributed by atoms with Gasteiger partial charge in [-0.05, 0) is 46.0 Å². The molecule has 0 amide bonds. The van der Waals surface area contributed by atoms with Crippen LogP contribution in [0.4, 0.5) is 0 Å². The van der Waals surface area contributed by atoms with E-state index >= 15 is 0 Å². The normalized spacial score (nSPS) is 40.9.